The third kappa shape index (κ3) is 3.49. The fraction of sp³-hybridized carbons (Fsp3) is 0.200. The lowest BCUT2D eigenvalue weighted by Crippen LogP contribution is -1.97. The molecule has 2 aromatic carbocycles. The summed E-state index contributed by atoms with van der Waals surface area (Å²) in [6.45, 7) is 2.19. The van der Waals surface area contributed by atoms with Crippen LogP contribution >= 0.6 is 11.6 Å². The van der Waals surface area contributed by atoms with Crippen molar-refractivity contribution in [3.8, 4) is 5.75 Å². The van der Waals surface area contributed by atoms with Crippen LogP contribution in [0.1, 0.15) is 24.2 Å². The Balaban J connectivity index is 2.04. The largest absolute Gasteiger partial charge is 0.489 e. The summed E-state index contributed by atoms with van der Waals surface area (Å²) in [5.41, 5.74) is 1.86. The molecule has 0 amide bonds. The number of hydrogen-bond acceptors (Lipinski definition) is 2. The van der Waals surface area contributed by atoms with Crippen LogP contribution < -0.4 is 4.74 Å². The van der Waals surface area contributed by atoms with E-state index in [4.69, 9.17) is 16.3 Å². The first-order chi connectivity index (χ1) is 8.65. The molecule has 1 unspecified atom stereocenters. The second kappa shape index (κ2) is 5.89. The Hall–Kier alpha value is -1.51. The molecule has 0 radical (unpaired) electrons. The normalized spacial score (nSPS) is 12.2. The van der Waals surface area contributed by atoms with E-state index in [9.17, 15) is 5.11 Å². The molecule has 0 bridgehead atoms. The van der Waals surface area contributed by atoms with Gasteiger partial charge in [0.2, 0.25) is 0 Å². The minimum absolute atomic E-state index is 0.462. The van der Waals surface area contributed by atoms with Gasteiger partial charge in [0, 0.05) is 5.02 Å². The summed E-state index contributed by atoms with van der Waals surface area (Å²) in [4.78, 5) is 0. The molecule has 0 heterocycles. The average molecular weight is 263 g/mol. The van der Waals surface area contributed by atoms with Gasteiger partial charge in [-0.15, -0.1) is 0 Å². The Labute approximate surface area is 112 Å². The van der Waals surface area contributed by atoms with Crippen molar-refractivity contribution in [2.75, 3.05) is 0 Å². The highest BCUT2D eigenvalue weighted by Crippen LogP contribution is 2.20. The quantitative estimate of drug-likeness (QED) is 0.903. The van der Waals surface area contributed by atoms with Crippen LogP contribution in [0, 0.1) is 0 Å². The van der Waals surface area contributed by atoms with E-state index >= 15 is 0 Å². The highest BCUT2D eigenvalue weighted by molar-refractivity contribution is 6.30. The summed E-state index contributed by atoms with van der Waals surface area (Å²) in [5.74, 6) is 0.744. The van der Waals surface area contributed by atoms with Gasteiger partial charge in [-0.25, -0.2) is 0 Å². The molecule has 94 valence electrons. The van der Waals surface area contributed by atoms with Crippen molar-refractivity contribution >= 4 is 11.6 Å². The fourth-order valence-electron chi connectivity index (χ4n) is 1.66. The van der Waals surface area contributed by atoms with E-state index in [2.05, 4.69) is 0 Å². The van der Waals surface area contributed by atoms with Crippen LogP contribution in [0.25, 0.3) is 0 Å². The summed E-state index contributed by atoms with van der Waals surface area (Å²) < 4.78 is 5.67. The van der Waals surface area contributed by atoms with E-state index in [1.54, 1.807) is 6.92 Å². The third-order valence-electron chi connectivity index (χ3n) is 2.64. The topological polar surface area (TPSA) is 29.5 Å². The predicted molar refractivity (Wildman–Crippen MR) is 72.9 cm³/mol. The number of aliphatic hydroxyl groups is 1. The maximum atomic E-state index is 9.50. The Morgan fingerprint density at radius 2 is 1.94 bits per heavy atom. The minimum atomic E-state index is -0.486. The number of hydrogen-bond donors (Lipinski definition) is 1. The molecular weight excluding hydrogens is 248 g/mol. The fourth-order valence-corrected chi connectivity index (χ4v) is 1.87. The van der Waals surface area contributed by atoms with Crippen LogP contribution in [0.5, 0.6) is 5.75 Å². The lowest BCUT2D eigenvalue weighted by atomic mass is 10.1. The standard InChI is InChI=1S/C15H15ClO2/c1-11(17)13-5-3-7-15(9-13)18-10-12-4-2-6-14(16)8-12/h2-9,11,17H,10H2,1H3. The Bertz CT molecular complexity index is 523. The van der Waals surface area contributed by atoms with Crippen molar-refractivity contribution in [3.63, 3.8) is 0 Å². The molecule has 3 heteroatoms. The van der Waals surface area contributed by atoms with Crippen LogP contribution in [0.3, 0.4) is 0 Å². The highest BCUT2D eigenvalue weighted by Gasteiger charge is 2.02. The van der Waals surface area contributed by atoms with E-state index in [0.29, 0.717) is 11.6 Å². The van der Waals surface area contributed by atoms with Gasteiger partial charge < -0.3 is 9.84 Å². The van der Waals surface area contributed by atoms with Gasteiger partial charge in [0.1, 0.15) is 12.4 Å². The van der Waals surface area contributed by atoms with Crippen LogP contribution in [-0.4, -0.2) is 5.11 Å². The van der Waals surface area contributed by atoms with Gasteiger partial charge >= 0.3 is 0 Å². The van der Waals surface area contributed by atoms with Gasteiger partial charge in [-0.2, -0.15) is 0 Å². The van der Waals surface area contributed by atoms with E-state index in [0.717, 1.165) is 16.9 Å². The molecule has 0 aromatic heterocycles. The van der Waals surface area contributed by atoms with E-state index in [-0.39, 0.29) is 0 Å². The molecule has 0 saturated heterocycles. The van der Waals surface area contributed by atoms with E-state index in [1.807, 2.05) is 48.5 Å². The lowest BCUT2D eigenvalue weighted by Gasteiger charge is -2.09. The van der Waals surface area contributed by atoms with Crippen LogP contribution in [0.15, 0.2) is 48.5 Å². The lowest BCUT2D eigenvalue weighted by molar-refractivity contribution is 0.198. The Kier molecular flexibility index (Phi) is 4.24. The first-order valence-electron chi connectivity index (χ1n) is 5.80. The zero-order valence-corrected chi connectivity index (χ0v) is 10.9. The third-order valence-corrected chi connectivity index (χ3v) is 2.87. The Morgan fingerprint density at radius 1 is 1.17 bits per heavy atom. The summed E-state index contributed by atoms with van der Waals surface area (Å²) >= 11 is 5.90. The maximum absolute atomic E-state index is 9.50. The van der Waals surface area contributed by atoms with Gasteiger partial charge in [-0.1, -0.05) is 35.9 Å². The van der Waals surface area contributed by atoms with Crippen molar-refractivity contribution in [1.29, 1.82) is 0 Å². The van der Waals surface area contributed by atoms with Gasteiger partial charge in [0.25, 0.3) is 0 Å². The smallest absolute Gasteiger partial charge is 0.120 e. The van der Waals surface area contributed by atoms with Crippen molar-refractivity contribution in [3.05, 3.63) is 64.7 Å². The molecule has 0 aliphatic rings. The number of rotatable bonds is 4. The van der Waals surface area contributed by atoms with E-state index in [1.165, 1.54) is 0 Å². The molecule has 0 aliphatic heterocycles. The summed E-state index contributed by atoms with van der Waals surface area (Å²) in [6.07, 6.45) is -0.486. The maximum Gasteiger partial charge on any atom is 0.120 e. The SMILES string of the molecule is CC(O)c1cccc(OCc2cccc(Cl)c2)c1. The molecule has 2 nitrogen and oxygen atoms in total. The van der Waals surface area contributed by atoms with Gasteiger partial charge in [0.15, 0.2) is 0 Å². The molecule has 2 rings (SSSR count). The summed E-state index contributed by atoms with van der Waals surface area (Å²) in [7, 11) is 0. The summed E-state index contributed by atoms with van der Waals surface area (Å²) in [6, 6.07) is 15.0. The first-order valence-corrected chi connectivity index (χ1v) is 6.18. The molecule has 0 spiro atoms. The molecule has 1 atom stereocenters. The number of aliphatic hydroxyl groups excluding tert-OH is 1. The monoisotopic (exact) mass is 262 g/mol. The molecule has 0 saturated carbocycles. The second-order valence-corrected chi connectivity index (χ2v) is 4.60. The van der Waals surface area contributed by atoms with Crippen molar-refractivity contribution < 1.29 is 9.84 Å². The van der Waals surface area contributed by atoms with Crippen molar-refractivity contribution in [2.45, 2.75) is 19.6 Å². The minimum Gasteiger partial charge on any atom is -0.489 e. The first kappa shape index (κ1) is 12.9. The molecule has 18 heavy (non-hydrogen) atoms. The number of benzene rings is 2. The van der Waals surface area contributed by atoms with Crippen LogP contribution in [-0.2, 0) is 6.61 Å². The average Bonchev–Trinajstić information content (AvgIpc) is 2.37. The predicted octanol–water partition coefficient (Wildman–Crippen LogP) is 3.97. The van der Waals surface area contributed by atoms with Crippen molar-refractivity contribution in [1.82, 2.24) is 0 Å². The second-order valence-electron chi connectivity index (χ2n) is 4.17. The molecule has 0 fully saturated rings. The van der Waals surface area contributed by atoms with E-state index < -0.39 is 6.10 Å². The number of ether oxygens (including phenoxy) is 1. The zero-order chi connectivity index (χ0) is 13.0. The van der Waals surface area contributed by atoms with Gasteiger partial charge in [0.05, 0.1) is 6.10 Å². The molecule has 1 N–H and O–H groups in total. The Morgan fingerprint density at radius 3 is 2.67 bits per heavy atom. The molecular formula is C15H15ClO2. The highest BCUT2D eigenvalue weighted by atomic mass is 35.5. The zero-order valence-electron chi connectivity index (χ0n) is 10.1. The number of halogens is 1. The van der Waals surface area contributed by atoms with Crippen LogP contribution in [0.4, 0.5) is 0 Å². The van der Waals surface area contributed by atoms with Crippen LogP contribution in [0.2, 0.25) is 5.02 Å². The molecule has 0 aliphatic carbocycles. The van der Waals surface area contributed by atoms with Gasteiger partial charge in [-0.3, -0.25) is 0 Å². The summed E-state index contributed by atoms with van der Waals surface area (Å²) in [5, 5.41) is 10.2. The van der Waals surface area contributed by atoms with Gasteiger partial charge in [-0.05, 0) is 42.3 Å². The van der Waals surface area contributed by atoms with Crippen molar-refractivity contribution in [2.24, 2.45) is 0 Å². The molecule has 2 aromatic rings.